The molecule has 4 nitrogen and oxygen atoms in total. The van der Waals surface area contributed by atoms with Gasteiger partial charge in [-0.1, -0.05) is 23.2 Å². The minimum Gasteiger partial charge on any atom is -0.323 e. The lowest BCUT2D eigenvalue weighted by atomic mass is 10.1. The van der Waals surface area contributed by atoms with Gasteiger partial charge < -0.3 is 5.32 Å². The van der Waals surface area contributed by atoms with Gasteiger partial charge in [0.05, 0.1) is 20.6 Å². The summed E-state index contributed by atoms with van der Waals surface area (Å²) in [5.74, 6) is -0.0227. The fourth-order valence-electron chi connectivity index (χ4n) is 1.69. The second kappa shape index (κ2) is 6.41. The lowest BCUT2D eigenvalue weighted by molar-refractivity contribution is -0.116. The fraction of sp³-hybridized carbons (Fsp3) is 0.333. The van der Waals surface area contributed by atoms with Gasteiger partial charge in [-0.15, -0.1) is 11.3 Å². The fourth-order valence-corrected chi connectivity index (χ4v) is 3.24. The van der Waals surface area contributed by atoms with E-state index in [1.165, 1.54) is 11.3 Å². The standard InChI is InChI=1S/C12H13Cl2N3OS/c1-17-7-9(6-15-17)16-11(18)4-2-3-8-5-10(13)19-12(8)14/h5-7H,2-4H2,1H3,(H,16,18). The molecule has 0 radical (unpaired) electrons. The second-order valence-corrected chi connectivity index (χ2v) is 6.44. The van der Waals surface area contributed by atoms with Crippen LogP contribution < -0.4 is 5.32 Å². The van der Waals surface area contributed by atoms with Crippen LogP contribution in [0, 0.1) is 0 Å². The van der Waals surface area contributed by atoms with E-state index >= 15 is 0 Å². The van der Waals surface area contributed by atoms with E-state index in [4.69, 9.17) is 23.2 Å². The molecule has 1 amide bonds. The number of halogens is 2. The molecule has 2 aromatic rings. The summed E-state index contributed by atoms with van der Waals surface area (Å²) < 4.78 is 3.03. The third kappa shape index (κ3) is 4.23. The van der Waals surface area contributed by atoms with Crippen molar-refractivity contribution >= 4 is 46.1 Å². The molecule has 0 aliphatic carbocycles. The maximum Gasteiger partial charge on any atom is 0.224 e. The van der Waals surface area contributed by atoms with Crippen LogP contribution in [0.15, 0.2) is 18.5 Å². The Bertz CT molecular complexity index is 579. The molecule has 102 valence electrons. The number of carbonyl (C=O) groups excluding carboxylic acids is 1. The van der Waals surface area contributed by atoms with E-state index in [1.54, 1.807) is 24.1 Å². The molecule has 7 heteroatoms. The monoisotopic (exact) mass is 317 g/mol. The van der Waals surface area contributed by atoms with Crippen LogP contribution in [0.1, 0.15) is 18.4 Å². The van der Waals surface area contributed by atoms with E-state index in [0.29, 0.717) is 20.8 Å². The zero-order chi connectivity index (χ0) is 13.8. The molecule has 0 aliphatic heterocycles. The van der Waals surface area contributed by atoms with Crippen LogP contribution >= 0.6 is 34.5 Å². The van der Waals surface area contributed by atoms with E-state index < -0.39 is 0 Å². The van der Waals surface area contributed by atoms with Crippen molar-refractivity contribution < 1.29 is 4.79 Å². The molecule has 0 aliphatic rings. The van der Waals surface area contributed by atoms with E-state index in [-0.39, 0.29) is 5.91 Å². The normalized spacial score (nSPS) is 10.7. The number of thiophene rings is 1. The summed E-state index contributed by atoms with van der Waals surface area (Å²) in [7, 11) is 1.80. The van der Waals surface area contributed by atoms with Crippen LogP contribution in [0.4, 0.5) is 5.69 Å². The van der Waals surface area contributed by atoms with Crippen molar-refractivity contribution in [1.82, 2.24) is 9.78 Å². The molecular formula is C12H13Cl2N3OS. The Hall–Kier alpha value is -1.04. The van der Waals surface area contributed by atoms with E-state index in [1.807, 2.05) is 6.07 Å². The number of aromatic nitrogens is 2. The third-order valence-electron chi connectivity index (χ3n) is 2.57. The molecule has 0 saturated heterocycles. The van der Waals surface area contributed by atoms with Crippen molar-refractivity contribution in [2.75, 3.05) is 5.32 Å². The number of anilines is 1. The van der Waals surface area contributed by atoms with Crippen molar-refractivity contribution in [1.29, 1.82) is 0 Å². The van der Waals surface area contributed by atoms with Crippen molar-refractivity contribution in [3.63, 3.8) is 0 Å². The van der Waals surface area contributed by atoms with E-state index in [0.717, 1.165) is 18.4 Å². The Kier molecular flexibility index (Phi) is 4.85. The third-order valence-corrected chi connectivity index (χ3v) is 4.13. The smallest absolute Gasteiger partial charge is 0.224 e. The highest BCUT2D eigenvalue weighted by Gasteiger charge is 2.08. The molecule has 2 aromatic heterocycles. The molecule has 0 atom stereocenters. The van der Waals surface area contributed by atoms with Crippen molar-refractivity contribution in [3.8, 4) is 0 Å². The zero-order valence-electron chi connectivity index (χ0n) is 10.3. The van der Waals surface area contributed by atoms with Gasteiger partial charge in [0.1, 0.15) is 0 Å². The highest BCUT2D eigenvalue weighted by atomic mass is 35.5. The summed E-state index contributed by atoms with van der Waals surface area (Å²) in [5.41, 5.74) is 1.72. The summed E-state index contributed by atoms with van der Waals surface area (Å²) in [5, 5.41) is 6.77. The minimum absolute atomic E-state index is 0.0227. The highest BCUT2D eigenvalue weighted by Crippen LogP contribution is 2.32. The maximum absolute atomic E-state index is 11.7. The van der Waals surface area contributed by atoms with Crippen LogP contribution in [0.5, 0.6) is 0 Å². The summed E-state index contributed by atoms with van der Waals surface area (Å²) in [6.07, 6.45) is 5.31. The molecule has 2 heterocycles. The van der Waals surface area contributed by atoms with E-state index in [9.17, 15) is 4.79 Å². The topological polar surface area (TPSA) is 46.9 Å². The number of hydrogen-bond acceptors (Lipinski definition) is 3. The SMILES string of the molecule is Cn1cc(NC(=O)CCCc2cc(Cl)sc2Cl)cn1. The van der Waals surface area contributed by atoms with Gasteiger partial charge in [0, 0.05) is 19.7 Å². The number of amides is 1. The Morgan fingerprint density at radius 1 is 1.53 bits per heavy atom. The van der Waals surface area contributed by atoms with Gasteiger partial charge in [-0.05, 0) is 24.5 Å². The molecule has 0 unspecified atom stereocenters. The Morgan fingerprint density at radius 2 is 2.32 bits per heavy atom. The van der Waals surface area contributed by atoms with Gasteiger partial charge in [0.2, 0.25) is 5.91 Å². The molecule has 1 N–H and O–H groups in total. The van der Waals surface area contributed by atoms with Gasteiger partial charge in [-0.2, -0.15) is 5.10 Å². The molecule has 0 fully saturated rings. The number of aryl methyl sites for hydroxylation is 2. The average molecular weight is 318 g/mol. The number of carbonyl (C=O) groups is 1. The van der Waals surface area contributed by atoms with Crippen molar-refractivity contribution in [2.24, 2.45) is 7.05 Å². The van der Waals surface area contributed by atoms with Gasteiger partial charge in [0.25, 0.3) is 0 Å². The number of hydrogen-bond donors (Lipinski definition) is 1. The largest absolute Gasteiger partial charge is 0.323 e. The highest BCUT2D eigenvalue weighted by molar-refractivity contribution is 7.20. The predicted molar refractivity (Wildman–Crippen MR) is 79.1 cm³/mol. The number of nitrogens with one attached hydrogen (secondary N) is 1. The van der Waals surface area contributed by atoms with Crippen LogP contribution in [0.3, 0.4) is 0 Å². The Balaban J connectivity index is 1.76. The van der Waals surface area contributed by atoms with Gasteiger partial charge in [-0.3, -0.25) is 9.48 Å². The van der Waals surface area contributed by atoms with Crippen LogP contribution in [0.2, 0.25) is 8.67 Å². The molecule has 0 bridgehead atoms. The Labute approximate surface area is 125 Å². The summed E-state index contributed by atoms with van der Waals surface area (Å²) in [4.78, 5) is 11.7. The molecule has 0 saturated carbocycles. The van der Waals surface area contributed by atoms with Crippen LogP contribution in [-0.2, 0) is 18.3 Å². The zero-order valence-corrected chi connectivity index (χ0v) is 12.6. The number of nitrogens with zero attached hydrogens (tertiary/aromatic N) is 2. The van der Waals surface area contributed by atoms with Crippen molar-refractivity contribution in [2.45, 2.75) is 19.3 Å². The van der Waals surface area contributed by atoms with Gasteiger partial charge in [-0.25, -0.2) is 0 Å². The molecule has 0 aromatic carbocycles. The maximum atomic E-state index is 11.7. The molecule has 19 heavy (non-hydrogen) atoms. The first-order valence-corrected chi connectivity index (χ1v) is 7.34. The predicted octanol–water partition coefficient (Wildman–Crippen LogP) is 3.75. The van der Waals surface area contributed by atoms with Gasteiger partial charge in [0.15, 0.2) is 0 Å². The first-order valence-electron chi connectivity index (χ1n) is 5.77. The van der Waals surface area contributed by atoms with E-state index in [2.05, 4.69) is 10.4 Å². The lowest BCUT2D eigenvalue weighted by Gasteiger charge is -2.02. The second-order valence-electron chi connectivity index (χ2n) is 4.15. The number of rotatable bonds is 5. The molecule has 0 spiro atoms. The first kappa shape index (κ1) is 14.4. The van der Waals surface area contributed by atoms with Crippen LogP contribution in [0.25, 0.3) is 0 Å². The summed E-state index contributed by atoms with van der Waals surface area (Å²) in [6.45, 7) is 0. The molecular weight excluding hydrogens is 305 g/mol. The Morgan fingerprint density at radius 3 is 2.89 bits per heavy atom. The molecule has 2 rings (SSSR count). The lowest BCUT2D eigenvalue weighted by Crippen LogP contribution is -2.10. The van der Waals surface area contributed by atoms with Crippen molar-refractivity contribution in [3.05, 3.63) is 32.7 Å². The summed E-state index contributed by atoms with van der Waals surface area (Å²) >= 11 is 13.2. The first-order chi connectivity index (χ1) is 9.04. The van der Waals surface area contributed by atoms with Gasteiger partial charge >= 0.3 is 0 Å². The summed E-state index contributed by atoms with van der Waals surface area (Å²) in [6, 6.07) is 1.85. The quantitative estimate of drug-likeness (QED) is 0.912. The average Bonchev–Trinajstić information content (AvgIpc) is 2.86. The minimum atomic E-state index is -0.0227. The van der Waals surface area contributed by atoms with Crippen LogP contribution in [-0.4, -0.2) is 15.7 Å².